The van der Waals surface area contributed by atoms with Gasteiger partial charge in [-0.2, -0.15) is 13.5 Å². The van der Waals surface area contributed by atoms with Crippen molar-refractivity contribution in [2.24, 2.45) is 11.1 Å². The van der Waals surface area contributed by atoms with Gasteiger partial charge < -0.3 is 10.4 Å². The van der Waals surface area contributed by atoms with E-state index in [0.29, 0.717) is 23.8 Å². The molecule has 12 nitrogen and oxygen atoms in total. The lowest BCUT2D eigenvalue weighted by Crippen LogP contribution is -2.33. The van der Waals surface area contributed by atoms with Crippen molar-refractivity contribution in [1.82, 2.24) is 24.7 Å². The summed E-state index contributed by atoms with van der Waals surface area (Å²) in [4.78, 5) is 25.2. The number of hydrogen-bond donors (Lipinski definition) is 3. The average Bonchev–Trinajstić information content (AvgIpc) is 3.25. The highest BCUT2D eigenvalue weighted by atomic mass is 35.5. The van der Waals surface area contributed by atoms with E-state index in [2.05, 4.69) is 29.6 Å². The van der Waals surface area contributed by atoms with Crippen molar-refractivity contribution < 1.29 is 22.5 Å². The normalized spacial score (nSPS) is 13.4. The van der Waals surface area contributed by atoms with Gasteiger partial charge in [-0.15, -0.1) is 0 Å². The van der Waals surface area contributed by atoms with Crippen LogP contribution in [0, 0.1) is 5.92 Å². The van der Waals surface area contributed by atoms with Crippen LogP contribution in [0.5, 0.6) is 0 Å². The summed E-state index contributed by atoms with van der Waals surface area (Å²) in [5, 5.41) is 22.9. The Morgan fingerprint density at radius 1 is 1.35 bits per heavy atom. The Morgan fingerprint density at radius 3 is 2.85 bits per heavy atom. The lowest BCUT2D eigenvalue weighted by atomic mass is 10.0. The van der Waals surface area contributed by atoms with E-state index in [9.17, 15) is 18.3 Å². The number of aliphatic hydroxyl groups is 1. The molecule has 4 N–H and O–H groups in total. The van der Waals surface area contributed by atoms with Gasteiger partial charge in [0.2, 0.25) is 5.78 Å². The Balaban J connectivity index is 1.67. The van der Waals surface area contributed by atoms with Gasteiger partial charge in [0.25, 0.3) is 0 Å². The zero-order valence-corrected chi connectivity index (χ0v) is 19.8. The molecule has 182 valence electrons. The Bertz CT molecular complexity index is 1240. The van der Waals surface area contributed by atoms with Gasteiger partial charge in [-0.25, -0.2) is 20.1 Å². The first kappa shape index (κ1) is 25.6. The second kappa shape index (κ2) is 11.4. The minimum absolute atomic E-state index is 0.0152. The number of hydrogen-bond acceptors (Lipinski definition) is 10. The van der Waals surface area contributed by atoms with E-state index < -0.39 is 28.1 Å². The molecule has 34 heavy (non-hydrogen) atoms. The number of ketones is 1. The van der Waals surface area contributed by atoms with Gasteiger partial charge in [-0.05, 0) is 24.6 Å². The number of nitrogens with zero attached hydrogens (tertiary/aromatic N) is 5. The van der Waals surface area contributed by atoms with Gasteiger partial charge in [0.15, 0.2) is 0 Å². The second-order valence-electron chi connectivity index (χ2n) is 7.36. The number of aliphatic hydroxyl groups excluding tert-OH is 1. The zero-order chi connectivity index (χ0) is 24.7. The van der Waals surface area contributed by atoms with Gasteiger partial charge in [-0.1, -0.05) is 24.6 Å². The van der Waals surface area contributed by atoms with Crippen molar-refractivity contribution >= 4 is 33.5 Å². The molecule has 0 amide bonds. The molecule has 0 aliphatic heterocycles. The molecule has 0 radical (unpaired) electrons. The molecule has 0 saturated carbocycles. The molecule has 3 aromatic rings. The molecule has 0 fully saturated rings. The first-order valence-corrected chi connectivity index (χ1v) is 12.1. The van der Waals surface area contributed by atoms with E-state index in [4.69, 9.17) is 16.7 Å². The molecule has 3 aromatic heterocycles. The molecule has 0 bridgehead atoms. The van der Waals surface area contributed by atoms with Crippen LogP contribution >= 0.6 is 11.6 Å². The largest absolute Gasteiger partial charge is 0.391 e. The molecule has 3 rings (SSSR count). The Labute approximate surface area is 201 Å². The first-order valence-electron chi connectivity index (χ1n) is 10.2. The van der Waals surface area contributed by atoms with Crippen LogP contribution in [-0.2, 0) is 21.0 Å². The van der Waals surface area contributed by atoms with Crippen LogP contribution in [0.15, 0.2) is 43.0 Å². The lowest BCUT2D eigenvalue weighted by Gasteiger charge is -2.21. The third-order valence-electron chi connectivity index (χ3n) is 4.92. The summed E-state index contributed by atoms with van der Waals surface area (Å²) in [7, 11) is -4.11. The molecule has 0 aliphatic rings. The van der Waals surface area contributed by atoms with Crippen molar-refractivity contribution in [3.8, 4) is 0 Å². The van der Waals surface area contributed by atoms with Crippen LogP contribution in [0.1, 0.15) is 35.1 Å². The Kier molecular flexibility index (Phi) is 8.63. The maximum absolute atomic E-state index is 13.0. The molecule has 0 unspecified atom stereocenters. The summed E-state index contributed by atoms with van der Waals surface area (Å²) in [6.45, 7) is 1.82. The molecule has 14 heteroatoms. The third-order valence-corrected chi connectivity index (χ3v) is 5.60. The van der Waals surface area contributed by atoms with Gasteiger partial charge in [0.05, 0.1) is 30.5 Å². The first-order chi connectivity index (χ1) is 16.2. The Morgan fingerprint density at radius 2 is 2.15 bits per heavy atom. The number of anilines is 1. The molecule has 0 saturated heterocycles. The Hall–Kier alpha value is -2.97. The summed E-state index contributed by atoms with van der Waals surface area (Å²) in [6, 6.07) is 6.80. The number of nitrogens with two attached hydrogens (primary N) is 1. The predicted octanol–water partition coefficient (Wildman–Crippen LogP) is 1.02. The molecule has 3 heterocycles. The van der Waals surface area contributed by atoms with E-state index in [1.54, 1.807) is 42.1 Å². The number of rotatable bonds is 12. The van der Waals surface area contributed by atoms with Crippen LogP contribution in [0.2, 0.25) is 5.15 Å². The highest BCUT2D eigenvalue weighted by Gasteiger charge is 2.22. The van der Waals surface area contributed by atoms with Crippen molar-refractivity contribution in [2.75, 3.05) is 18.5 Å². The smallest absolute Gasteiger partial charge is 0.333 e. The van der Waals surface area contributed by atoms with Crippen LogP contribution in [0.4, 0.5) is 5.82 Å². The van der Waals surface area contributed by atoms with Crippen LogP contribution in [0.3, 0.4) is 0 Å². The van der Waals surface area contributed by atoms with Gasteiger partial charge in [0, 0.05) is 24.9 Å². The number of pyridine rings is 1. The minimum Gasteiger partial charge on any atom is -0.391 e. The van der Waals surface area contributed by atoms with Crippen LogP contribution in [0.25, 0.3) is 0 Å². The minimum atomic E-state index is -4.11. The topological polar surface area (TPSA) is 175 Å². The number of carbonyl (C=O) groups is 1. The lowest BCUT2D eigenvalue weighted by molar-refractivity contribution is 0.0839. The summed E-state index contributed by atoms with van der Waals surface area (Å²) in [6.07, 6.45) is 3.70. The van der Waals surface area contributed by atoms with Gasteiger partial charge >= 0.3 is 10.3 Å². The summed E-state index contributed by atoms with van der Waals surface area (Å²) in [5.41, 5.74) is 1.02. The molecular weight excluding hydrogens is 486 g/mol. The molecule has 0 aromatic carbocycles. The standard InChI is InChI=1S/C20H24ClN7O5S/c1-2-13(11-33-34(22,31)32)17(29)9-24-20-15(8-23-12-25-20)19(30)16-6-7-28(27-16)10-14-4-3-5-18(21)26-14/h3-8,12-13,17,29H,2,9-11H2,1H3,(H2,22,31,32)(H,23,24,25)/t13-,17+/m1/s1. The monoisotopic (exact) mass is 509 g/mol. The molecular formula is C20H24ClN7O5S. The third kappa shape index (κ3) is 7.27. The van der Waals surface area contributed by atoms with Gasteiger partial charge in [-0.3, -0.25) is 13.7 Å². The van der Waals surface area contributed by atoms with Crippen LogP contribution in [-0.4, -0.2) is 63.3 Å². The number of nitrogens with one attached hydrogen (secondary N) is 1. The highest BCUT2D eigenvalue weighted by Crippen LogP contribution is 2.17. The van der Waals surface area contributed by atoms with Crippen molar-refractivity contribution in [3.05, 3.63) is 65.1 Å². The van der Waals surface area contributed by atoms with E-state index in [1.165, 1.54) is 12.5 Å². The van der Waals surface area contributed by atoms with Crippen molar-refractivity contribution in [1.29, 1.82) is 0 Å². The summed E-state index contributed by atoms with van der Waals surface area (Å²) >= 11 is 5.91. The fraction of sp³-hybridized carbons (Fsp3) is 0.350. The SMILES string of the molecule is CC[C@H](COS(N)(=O)=O)[C@@H](O)CNc1ncncc1C(=O)c1ccn(Cc2cccc(Cl)n2)n1. The van der Waals surface area contributed by atoms with Gasteiger partial charge in [0.1, 0.15) is 23.0 Å². The quantitative estimate of drug-likeness (QED) is 0.236. The molecule has 0 aliphatic carbocycles. The maximum atomic E-state index is 13.0. The highest BCUT2D eigenvalue weighted by molar-refractivity contribution is 7.84. The van der Waals surface area contributed by atoms with E-state index in [0.717, 1.165) is 0 Å². The number of aromatic nitrogens is 5. The van der Waals surface area contributed by atoms with E-state index >= 15 is 0 Å². The molecule has 0 spiro atoms. The van der Waals surface area contributed by atoms with E-state index in [-0.39, 0.29) is 30.2 Å². The number of carbonyl (C=O) groups excluding carboxylic acids is 1. The van der Waals surface area contributed by atoms with Crippen molar-refractivity contribution in [2.45, 2.75) is 26.0 Å². The fourth-order valence-electron chi connectivity index (χ4n) is 3.10. The fourth-order valence-corrected chi connectivity index (χ4v) is 3.65. The second-order valence-corrected chi connectivity index (χ2v) is 8.97. The number of halogens is 1. The molecule has 2 atom stereocenters. The summed E-state index contributed by atoms with van der Waals surface area (Å²) < 4.78 is 28.2. The predicted molar refractivity (Wildman–Crippen MR) is 123 cm³/mol. The van der Waals surface area contributed by atoms with Crippen molar-refractivity contribution in [3.63, 3.8) is 0 Å². The average molecular weight is 510 g/mol. The maximum Gasteiger partial charge on any atom is 0.333 e. The van der Waals surface area contributed by atoms with Crippen LogP contribution < -0.4 is 10.5 Å². The summed E-state index contributed by atoms with van der Waals surface area (Å²) in [5.74, 6) is -0.727. The van der Waals surface area contributed by atoms with E-state index in [1.807, 2.05) is 0 Å². The zero-order valence-electron chi connectivity index (χ0n) is 18.2.